The highest BCUT2D eigenvalue weighted by atomic mass is 35.5. The molecular weight excluding hydrogens is 142 g/mol. The lowest BCUT2D eigenvalue weighted by molar-refractivity contribution is 0.410. The molecule has 0 aromatic heterocycles. The molecule has 0 aliphatic rings. The van der Waals surface area contributed by atoms with Crippen molar-refractivity contribution in [2.24, 2.45) is 0 Å². The lowest BCUT2D eigenvalue weighted by Gasteiger charge is -2.05. The molecule has 0 radical (unpaired) electrons. The zero-order chi connectivity index (χ0) is 5.70. The monoisotopic (exact) mass is 155 g/mol. The number of hydrogen-bond donors (Lipinski definition) is 1. The van der Waals surface area contributed by atoms with Crippen LogP contribution in [0, 0.1) is 0 Å². The molecule has 0 N–H and O–H groups in total. The average molecular weight is 156 g/mol. The Morgan fingerprint density at radius 3 is 2.00 bits per heavy atom. The molecule has 0 heterocycles. The van der Waals surface area contributed by atoms with Gasteiger partial charge in [0.25, 0.3) is 0 Å². The summed E-state index contributed by atoms with van der Waals surface area (Å²) in [5.41, 5.74) is 0. The molecule has 0 amide bonds. The minimum Gasteiger partial charge on any atom is -0.309 e. The van der Waals surface area contributed by atoms with Gasteiger partial charge in [-0.05, 0) is 32.8 Å². The normalized spacial score (nSPS) is 9.00. The topological polar surface area (TPSA) is 3.24 Å². The van der Waals surface area contributed by atoms with Gasteiger partial charge in [0.15, 0.2) is 0 Å². The summed E-state index contributed by atoms with van der Waals surface area (Å²) in [6.07, 6.45) is 1.19. The summed E-state index contributed by atoms with van der Waals surface area (Å²) in [4.78, 5) is 2.16. The Labute approximate surface area is 63.3 Å². The molecule has 0 aliphatic heterocycles. The van der Waals surface area contributed by atoms with Gasteiger partial charge in [0, 0.05) is 0 Å². The second-order valence-corrected chi connectivity index (χ2v) is 2.33. The maximum atomic E-state index is 4.07. The van der Waals surface area contributed by atoms with Crippen LogP contribution in [0.2, 0.25) is 0 Å². The lowest BCUT2D eigenvalue weighted by Crippen LogP contribution is -2.12. The number of hydrogen-bond acceptors (Lipinski definition) is 2. The van der Waals surface area contributed by atoms with Crippen molar-refractivity contribution < 1.29 is 0 Å². The van der Waals surface area contributed by atoms with Crippen molar-refractivity contribution in [3.8, 4) is 0 Å². The number of halogens is 1. The van der Waals surface area contributed by atoms with E-state index < -0.39 is 0 Å². The largest absolute Gasteiger partial charge is 0.309 e. The van der Waals surface area contributed by atoms with E-state index in [1.807, 2.05) is 0 Å². The molecule has 8 heavy (non-hydrogen) atoms. The zero-order valence-electron chi connectivity index (χ0n) is 5.42. The van der Waals surface area contributed by atoms with Crippen LogP contribution < -0.4 is 0 Å². The second-order valence-electron chi connectivity index (χ2n) is 1.88. The van der Waals surface area contributed by atoms with E-state index in [1.165, 1.54) is 6.42 Å². The molecular formula is C5H14ClNS. The quantitative estimate of drug-likeness (QED) is 0.602. The van der Waals surface area contributed by atoms with Gasteiger partial charge in [0.05, 0.1) is 0 Å². The van der Waals surface area contributed by atoms with Gasteiger partial charge in [-0.2, -0.15) is 12.6 Å². The van der Waals surface area contributed by atoms with Crippen LogP contribution in [0.25, 0.3) is 0 Å². The van der Waals surface area contributed by atoms with Crippen molar-refractivity contribution in [2.45, 2.75) is 6.42 Å². The van der Waals surface area contributed by atoms with Crippen LogP contribution in [0.3, 0.4) is 0 Å². The van der Waals surface area contributed by atoms with Crippen molar-refractivity contribution in [1.82, 2.24) is 4.90 Å². The van der Waals surface area contributed by atoms with Gasteiger partial charge in [0.1, 0.15) is 0 Å². The number of thiol groups is 1. The molecule has 0 atom stereocenters. The van der Waals surface area contributed by atoms with Gasteiger partial charge >= 0.3 is 0 Å². The van der Waals surface area contributed by atoms with Crippen molar-refractivity contribution in [3.63, 3.8) is 0 Å². The molecule has 0 aromatic carbocycles. The first-order chi connectivity index (χ1) is 3.27. The highest BCUT2D eigenvalue weighted by molar-refractivity contribution is 7.80. The molecule has 0 saturated heterocycles. The van der Waals surface area contributed by atoms with Gasteiger partial charge in [-0.15, -0.1) is 12.4 Å². The van der Waals surface area contributed by atoms with E-state index in [1.54, 1.807) is 0 Å². The van der Waals surface area contributed by atoms with Crippen LogP contribution in [-0.2, 0) is 0 Å². The summed E-state index contributed by atoms with van der Waals surface area (Å²) < 4.78 is 0. The van der Waals surface area contributed by atoms with Gasteiger partial charge < -0.3 is 4.90 Å². The van der Waals surface area contributed by atoms with Crippen LogP contribution >= 0.6 is 25.0 Å². The summed E-state index contributed by atoms with van der Waals surface area (Å²) in [6, 6.07) is 0. The third-order valence-corrected chi connectivity index (χ3v) is 1.08. The van der Waals surface area contributed by atoms with E-state index >= 15 is 0 Å². The van der Waals surface area contributed by atoms with E-state index in [0.717, 1.165) is 12.3 Å². The predicted molar refractivity (Wildman–Crippen MR) is 44.3 cm³/mol. The van der Waals surface area contributed by atoms with E-state index in [2.05, 4.69) is 31.6 Å². The molecule has 0 aromatic rings. The average Bonchev–Trinajstić information content (AvgIpc) is 1.61. The SMILES string of the molecule is CN(C)CCCS.Cl. The Kier molecular flexibility index (Phi) is 10.8. The molecule has 1 nitrogen and oxygen atoms in total. The maximum absolute atomic E-state index is 4.07. The van der Waals surface area contributed by atoms with Crippen LogP contribution in [0.1, 0.15) is 6.42 Å². The fraction of sp³-hybridized carbons (Fsp3) is 1.00. The summed E-state index contributed by atoms with van der Waals surface area (Å²) in [5.74, 6) is 0.998. The van der Waals surface area contributed by atoms with Crippen molar-refractivity contribution in [2.75, 3.05) is 26.4 Å². The molecule has 3 heteroatoms. The number of rotatable bonds is 3. The molecule has 0 fully saturated rings. The third-order valence-electron chi connectivity index (χ3n) is 0.763. The van der Waals surface area contributed by atoms with Crippen LogP contribution in [0.5, 0.6) is 0 Å². The Morgan fingerprint density at radius 2 is 1.88 bits per heavy atom. The van der Waals surface area contributed by atoms with Crippen molar-refractivity contribution in [3.05, 3.63) is 0 Å². The van der Waals surface area contributed by atoms with E-state index in [0.29, 0.717) is 0 Å². The van der Waals surface area contributed by atoms with E-state index in [9.17, 15) is 0 Å². The van der Waals surface area contributed by atoms with Crippen molar-refractivity contribution >= 4 is 25.0 Å². The molecule has 52 valence electrons. The minimum absolute atomic E-state index is 0. The Balaban J connectivity index is 0. The fourth-order valence-electron chi connectivity index (χ4n) is 0.387. The minimum atomic E-state index is 0. The predicted octanol–water partition coefficient (Wildman–Crippen LogP) is 1.29. The maximum Gasteiger partial charge on any atom is -0.00171 e. The van der Waals surface area contributed by atoms with Crippen molar-refractivity contribution in [1.29, 1.82) is 0 Å². The molecule has 0 spiro atoms. The highest BCUT2D eigenvalue weighted by Crippen LogP contribution is 1.84. The first kappa shape index (κ1) is 11.4. The third kappa shape index (κ3) is 9.78. The molecule has 0 unspecified atom stereocenters. The summed E-state index contributed by atoms with van der Waals surface area (Å²) >= 11 is 4.07. The van der Waals surface area contributed by atoms with Crippen LogP contribution in [-0.4, -0.2) is 31.3 Å². The summed E-state index contributed by atoms with van der Waals surface area (Å²) in [6.45, 7) is 1.16. The molecule has 0 aliphatic carbocycles. The number of nitrogens with zero attached hydrogens (tertiary/aromatic N) is 1. The summed E-state index contributed by atoms with van der Waals surface area (Å²) in [5, 5.41) is 0. The lowest BCUT2D eigenvalue weighted by atomic mass is 10.5. The van der Waals surface area contributed by atoms with Crippen LogP contribution in [0.4, 0.5) is 0 Å². The molecule has 0 bridgehead atoms. The van der Waals surface area contributed by atoms with E-state index in [-0.39, 0.29) is 12.4 Å². The van der Waals surface area contributed by atoms with E-state index in [4.69, 9.17) is 0 Å². The van der Waals surface area contributed by atoms with Gasteiger partial charge in [-0.25, -0.2) is 0 Å². The van der Waals surface area contributed by atoms with Crippen LogP contribution in [0.15, 0.2) is 0 Å². The smallest absolute Gasteiger partial charge is 0.00171 e. The molecule has 0 rings (SSSR count). The Bertz CT molecular complexity index is 41.4. The Morgan fingerprint density at radius 1 is 1.38 bits per heavy atom. The highest BCUT2D eigenvalue weighted by Gasteiger charge is 1.84. The first-order valence-electron chi connectivity index (χ1n) is 2.53. The first-order valence-corrected chi connectivity index (χ1v) is 3.16. The zero-order valence-corrected chi connectivity index (χ0v) is 7.13. The molecule has 0 saturated carbocycles. The second kappa shape index (κ2) is 7.60. The summed E-state index contributed by atoms with van der Waals surface area (Å²) in [7, 11) is 4.15. The fourth-order valence-corrected chi connectivity index (χ4v) is 0.528. The van der Waals surface area contributed by atoms with Gasteiger partial charge in [-0.3, -0.25) is 0 Å². The van der Waals surface area contributed by atoms with Gasteiger partial charge in [-0.1, -0.05) is 0 Å². The van der Waals surface area contributed by atoms with Gasteiger partial charge in [0.2, 0.25) is 0 Å². The standard InChI is InChI=1S/C5H13NS.ClH/c1-6(2)4-3-5-7;/h7H,3-5H2,1-2H3;1H. The Hall–Kier alpha value is 0.600.